The number of thioether (sulfide) groups is 1. The van der Waals surface area contributed by atoms with Crippen molar-refractivity contribution in [2.45, 2.75) is 20.3 Å². The number of nitrogens with one attached hydrogen (secondary N) is 1. The molecule has 0 aliphatic rings. The lowest BCUT2D eigenvalue weighted by atomic mass is 10.4. The number of ether oxygens (including phenoxy) is 1. The summed E-state index contributed by atoms with van der Waals surface area (Å²) in [5.74, 6) is 3.10. The molecule has 1 aromatic rings. The number of aromatic nitrogens is 1. The van der Waals surface area contributed by atoms with Crippen molar-refractivity contribution in [2.24, 2.45) is 0 Å². The van der Waals surface area contributed by atoms with Gasteiger partial charge in [-0.05, 0) is 30.9 Å². The summed E-state index contributed by atoms with van der Waals surface area (Å²) in [4.78, 5) is 4.19. The molecule has 0 amide bonds. The predicted octanol–water partition coefficient (Wildman–Crippen LogP) is 3.04. The van der Waals surface area contributed by atoms with E-state index in [1.165, 1.54) is 17.9 Å². The first-order valence-corrected chi connectivity index (χ1v) is 6.92. The van der Waals surface area contributed by atoms with Crippen molar-refractivity contribution in [3.05, 3.63) is 18.3 Å². The van der Waals surface area contributed by atoms with Crippen LogP contribution in [0.1, 0.15) is 20.3 Å². The monoisotopic (exact) mass is 240 g/mol. The molecule has 16 heavy (non-hydrogen) atoms. The van der Waals surface area contributed by atoms with Crippen LogP contribution in [0, 0.1) is 0 Å². The number of anilines is 1. The van der Waals surface area contributed by atoms with Crippen LogP contribution in [0.4, 0.5) is 5.69 Å². The zero-order chi connectivity index (χ0) is 11.6. The van der Waals surface area contributed by atoms with Gasteiger partial charge in [0, 0.05) is 12.6 Å². The van der Waals surface area contributed by atoms with Crippen molar-refractivity contribution < 1.29 is 4.74 Å². The van der Waals surface area contributed by atoms with Gasteiger partial charge in [-0.15, -0.1) is 0 Å². The maximum absolute atomic E-state index is 5.28. The molecule has 0 aliphatic carbocycles. The normalized spacial score (nSPS) is 10.1. The quantitative estimate of drug-likeness (QED) is 0.708. The van der Waals surface area contributed by atoms with Gasteiger partial charge >= 0.3 is 0 Å². The molecule has 0 fully saturated rings. The van der Waals surface area contributed by atoms with Crippen molar-refractivity contribution in [2.75, 3.05) is 30.0 Å². The highest BCUT2D eigenvalue weighted by Gasteiger charge is 1.95. The van der Waals surface area contributed by atoms with Gasteiger partial charge in [0.1, 0.15) is 0 Å². The Morgan fingerprint density at radius 2 is 2.25 bits per heavy atom. The molecule has 0 bridgehead atoms. The molecule has 1 aromatic heterocycles. The largest absolute Gasteiger partial charge is 0.478 e. The van der Waals surface area contributed by atoms with Gasteiger partial charge in [0.05, 0.1) is 18.5 Å². The third-order valence-electron chi connectivity index (χ3n) is 2.03. The Morgan fingerprint density at radius 3 is 2.88 bits per heavy atom. The van der Waals surface area contributed by atoms with Gasteiger partial charge in [-0.1, -0.05) is 6.92 Å². The van der Waals surface area contributed by atoms with Crippen molar-refractivity contribution in [1.82, 2.24) is 4.98 Å². The third kappa shape index (κ3) is 5.26. The second-order valence-corrected chi connectivity index (χ2v) is 4.69. The minimum absolute atomic E-state index is 0.661. The summed E-state index contributed by atoms with van der Waals surface area (Å²) in [5.41, 5.74) is 1.06. The Hall–Kier alpha value is -0.900. The summed E-state index contributed by atoms with van der Waals surface area (Å²) in [6.45, 7) is 5.81. The van der Waals surface area contributed by atoms with E-state index in [0.29, 0.717) is 12.5 Å². The van der Waals surface area contributed by atoms with Crippen molar-refractivity contribution in [1.29, 1.82) is 0 Å². The van der Waals surface area contributed by atoms with Crippen LogP contribution in [0.15, 0.2) is 18.3 Å². The average Bonchev–Trinajstić information content (AvgIpc) is 2.31. The lowest BCUT2D eigenvalue weighted by Crippen LogP contribution is -2.03. The third-order valence-corrected chi connectivity index (χ3v) is 3.01. The number of pyridine rings is 1. The van der Waals surface area contributed by atoms with E-state index in [0.717, 1.165) is 12.2 Å². The van der Waals surface area contributed by atoms with Gasteiger partial charge in [0.2, 0.25) is 5.88 Å². The van der Waals surface area contributed by atoms with Crippen LogP contribution >= 0.6 is 11.8 Å². The van der Waals surface area contributed by atoms with Crippen LogP contribution in [0.5, 0.6) is 5.88 Å². The van der Waals surface area contributed by atoms with Gasteiger partial charge < -0.3 is 10.1 Å². The smallest absolute Gasteiger partial charge is 0.213 e. The number of hydrogen-bond donors (Lipinski definition) is 1. The van der Waals surface area contributed by atoms with Gasteiger partial charge in [0.25, 0.3) is 0 Å². The highest BCUT2D eigenvalue weighted by Crippen LogP contribution is 2.11. The Labute approximate surface area is 102 Å². The molecule has 4 heteroatoms. The fraction of sp³-hybridized carbons (Fsp3) is 0.583. The van der Waals surface area contributed by atoms with Crippen molar-refractivity contribution in [3.63, 3.8) is 0 Å². The lowest BCUT2D eigenvalue weighted by Gasteiger charge is -2.06. The first kappa shape index (κ1) is 13.2. The Morgan fingerprint density at radius 1 is 1.38 bits per heavy atom. The van der Waals surface area contributed by atoms with Crippen LogP contribution < -0.4 is 10.1 Å². The van der Waals surface area contributed by atoms with Gasteiger partial charge in [-0.2, -0.15) is 11.8 Å². The molecule has 0 spiro atoms. The van der Waals surface area contributed by atoms with Gasteiger partial charge in [-0.25, -0.2) is 4.98 Å². The van der Waals surface area contributed by atoms with E-state index in [-0.39, 0.29) is 0 Å². The molecule has 1 N–H and O–H groups in total. The van der Waals surface area contributed by atoms with E-state index < -0.39 is 0 Å². The van der Waals surface area contributed by atoms with Crippen LogP contribution in [0.2, 0.25) is 0 Å². The standard InChI is InChI=1S/C12H20N2OS/c1-3-15-12-7-6-11(10-14-12)13-8-5-9-16-4-2/h6-7,10,13H,3-5,8-9H2,1-2H3. The van der Waals surface area contributed by atoms with E-state index in [9.17, 15) is 0 Å². The summed E-state index contributed by atoms with van der Waals surface area (Å²) in [5, 5.41) is 3.34. The summed E-state index contributed by atoms with van der Waals surface area (Å²) in [6.07, 6.45) is 3.00. The minimum Gasteiger partial charge on any atom is -0.478 e. The highest BCUT2D eigenvalue weighted by molar-refractivity contribution is 7.99. The zero-order valence-corrected chi connectivity index (χ0v) is 10.8. The summed E-state index contributed by atoms with van der Waals surface area (Å²) >= 11 is 1.98. The molecule has 0 saturated carbocycles. The SMILES string of the molecule is CCOc1ccc(NCCCSCC)cn1. The molecule has 1 heterocycles. The first-order chi connectivity index (χ1) is 7.86. The molecule has 0 radical (unpaired) electrons. The minimum atomic E-state index is 0.661. The molecular formula is C12H20N2OS. The number of rotatable bonds is 8. The van der Waals surface area contributed by atoms with E-state index in [1.54, 1.807) is 0 Å². The molecule has 0 aromatic carbocycles. The van der Waals surface area contributed by atoms with E-state index in [2.05, 4.69) is 17.2 Å². The second kappa shape index (κ2) is 8.28. The maximum Gasteiger partial charge on any atom is 0.213 e. The number of hydrogen-bond acceptors (Lipinski definition) is 4. The fourth-order valence-corrected chi connectivity index (χ4v) is 1.91. The summed E-state index contributed by atoms with van der Waals surface area (Å²) < 4.78 is 5.28. The number of nitrogens with zero attached hydrogens (tertiary/aromatic N) is 1. The maximum atomic E-state index is 5.28. The molecule has 0 aliphatic heterocycles. The van der Waals surface area contributed by atoms with E-state index in [4.69, 9.17) is 4.74 Å². The molecule has 90 valence electrons. The van der Waals surface area contributed by atoms with E-state index in [1.807, 2.05) is 37.0 Å². The van der Waals surface area contributed by atoms with Crippen LogP contribution in [0.3, 0.4) is 0 Å². The van der Waals surface area contributed by atoms with Gasteiger partial charge in [0.15, 0.2) is 0 Å². The van der Waals surface area contributed by atoms with Crippen LogP contribution in [0.25, 0.3) is 0 Å². The molecular weight excluding hydrogens is 220 g/mol. The predicted molar refractivity (Wildman–Crippen MR) is 71.5 cm³/mol. The van der Waals surface area contributed by atoms with Crippen molar-refractivity contribution in [3.8, 4) is 5.88 Å². The molecule has 0 atom stereocenters. The van der Waals surface area contributed by atoms with Gasteiger partial charge in [-0.3, -0.25) is 0 Å². The highest BCUT2D eigenvalue weighted by atomic mass is 32.2. The first-order valence-electron chi connectivity index (χ1n) is 5.77. The van der Waals surface area contributed by atoms with Crippen molar-refractivity contribution >= 4 is 17.4 Å². The molecule has 0 unspecified atom stereocenters. The Balaban J connectivity index is 2.21. The zero-order valence-electron chi connectivity index (χ0n) is 10.0. The topological polar surface area (TPSA) is 34.1 Å². The lowest BCUT2D eigenvalue weighted by molar-refractivity contribution is 0.327. The summed E-state index contributed by atoms with van der Waals surface area (Å²) in [6, 6.07) is 3.90. The Kier molecular flexibility index (Phi) is 6.81. The van der Waals surface area contributed by atoms with Crippen LogP contribution in [-0.4, -0.2) is 29.6 Å². The molecule has 0 saturated heterocycles. The Bertz CT molecular complexity index is 277. The van der Waals surface area contributed by atoms with E-state index >= 15 is 0 Å². The fourth-order valence-electron chi connectivity index (χ4n) is 1.27. The molecule has 1 rings (SSSR count). The second-order valence-electron chi connectivity index (χ2n) is 3.30. The summed E-state index contributed by atoms with van der Waals surface area (Å²) in [7, 11) is 0. The molecule has 3 nitrogen and oxygen atoms in total. The average molecular weight is 240 g/mol. The van der Waals surface area contributed by atoms with Crippen LogP contribution in [-0.2, 0) is 0 Å².